The lowest BCUT2D eigenvalue weighted by atomic mass is 9.71. The summed E-state index contributed by atoms with van der Waals surface area (Å²) in [7, 11) is 3.20. The molecule has 0 aromatic heterocycles. The molecule has 8 heteroatoms. The zero-order chi connectivity index (χ0) is 28.7. The number of nitrogens with one attached hydrogen (secondary N) is 2. The largest absolute Gasteiger partial charge is 0.493 e. The van der Waals surface area contributed by atoms with Gasteiger partial charge in [0.25, 0.3) is 5.91 Å². The molecule has 0 radical (unpaired) electrons. The van der Waals surface area contributed by atoms with Gasteiger partial charge >= 0.3 is 0 Å². The molecule has 210 valence electrons. The summed E-state index contributed by atoms with van der Waals surface area (Å²) >= 11 is 0. The summed E-state index contributed by atoms with van der Waals surface area (Å²) in [6.07, 6.45) is 0.921. The molecule has 8 nitrogen and oxygen atoms in total. The van der Waals surface area contributed by atoms with Gasteiger partial charge in [-0.25, -0.2) is 0 Å². The number of hydrogen-bond donors (Lipinski definition) is 2. The SMILES string of the molecule is COc1ccc([C@H]2CC(=O)C3=C(C2)NC(C)=C(C(=O)Nc2ccccc2C)[C@H]3c2ccc3c(c2)OCO3)cc1OC. The van der Waals surface area contributed by atoms with Gasteiger partial charge in [0.1, 0.15) is 0 Å². The lowest BCUT2D eigenvalue weighted by Gasteiger charge is -2.37. The Balaban J connectivity index is 1.41. The van der Waals surface area contributed by atoms with Crippen molar-refractivity contribution in [3.63, 3.8) is 0 Å². The van der Waals surface area contributed by atoms with E-state index in [9.17, 15) is 9.59 Å². The number of Topliss-reactive ketones (excluding diaryl/α,β-unsaturated/α-hetero) is 1. The van der Waals surface area contributed by atoms with Crippen molar-refractivity contribution in [2.45, 2.75) is 38.5 Å². The first-order valence-corrected chi connectivity index (χ1v) is 13.6. The zero-order valence-electron chi connectivity index (χ0n) is 23.5. The lowest BCUT2D eigenvalue weighted by molar-refractivity contribution is -0.116. The van der Waals surface area contributed by atoms with Crippen molar-refractivity contribution in [2.24, 2.45) is 0 Å². The molecule has 3 aromatic rings. The van der Waals surface area contributed by atoms with Gasteiger partial charge in [-0.3, -0.25) is 9.59 Å². The molecule has 6 rings (SSSR count). The fraction of sp³-hybridized carbons (Fsp3) is 0.273. The highest BCUT2D eigenvalue weighted by Crippen LogP contribution is 2.48. The average Bonchev–Trinajstić information content (AvgIpc) is 3.45. The Morgan fingerprint density at radius 3 is 2.44 bits per heavy atom. The summed E-state index contributed by atoms with van der Waals surface area (Å²) < 4.78 is 22.1. The predicted molar refractivity (Wildman–Crippen MR) is 155 cm³/mol. The van der Waals surface area contributed by atoms with Crippen LogP contribution in [-0.4, -0.2) is 32.7 Å². The molecule has 0 saturated carbocycles. The molecule has 0 saturated heterocycles. The van der Waals surface area contributed by atoms with E-state index in [1.807, 2.05) is 74.5 Å². The van der Waals surface area contributed by atoms with Crippen LogP contribution in [0.25, 0.3) is 0 Å². The van der Waals surface area contributed by atoms with Gasteiger partial charge in [-0.05, 0) is 73.2 Å². The number of hydrogen-bond acceptors (Lipinski definition) is 7. The molecule has 1 aliphatic carbocycles. The number of rotatable bonds is 6. The van der Waals surface area contributed by atoms with E-state index in [2.05, 4.69) is 10.6 Å². The van der Waals surface area contributed by atoms with Crippen LogP contribution in [0, 0.1) is 6.92 Å². The Kier molecular flexibility index (Phi) is 6.91. The van der Waals surface area contributed by atoms with Gasteiger partial charge in [0.2, 0.25) is 6.79 Å². The van der Waals surface area contributed by atoms with Crippen LogP contribution in [0.15, 0.2) is 83.2 Å². The van der Waals surface area contributed by atoms with Crippen molar-refractivity contribution in [3.05, 3.63) is 99.9 Å². The number of allylic oxidation sites excluding steroid dienone is 3. The third-order valence-electron chi connectivity index (χ3n) is 8.07. The third kappa shape index (κ3) is 4.79. The molecule has 1 amide bonds. The predicted octanol–water partition coefficient (Wildman–Crippen LogP) is 5.74. The number of carbonyl (C=O) groups excluding carboxylic acids is 2. The number of ether oxygens (including phenoxy) is 4. The van der Waals surface area contributed by atoms with Gasteiger partial charge < -0.3 is 29.6 Å². The van der Waals surface area contributed by atoms with Crippen molar-refractivity contribution < 1.29 is 28.5 Å². The van der Waals surface area contributed by atoms with Crippen molar-refractivity contribution in [1.82, 2.24) is 5.32 Å². The van der Waals surface area contributed by atoms with Gasteiger partial charge in [0, 0.05) is 40.6 Å². The molecular weight excluding hydrogens is 520 g/mol. The normalized spacial score (nSPS) is 19.5. The lowest BCUT2D eigenvalue weighted by Crippen LogP contribution is -2.37. The van der Waals surface area contributed by atoms with Crippen LogP contribution in [0.5, 0.6) is 23.0 Å². The maximum Gasteiger partial charge on any atom is 0.254 e. The first-order valence-electron chi connectivity index (χ1n) is 13.6. The zero-order valence-corrected chi connectivity index (χ0v) is 23.5. The minimum absolute atomic E-state index is 0.00473. The second-order valence-corrected chi connectivity index (χ2v) is 10.5. The highest BCUT2D eigenvalue weighted by atomic mass is 16.7. The first-order chi connectivity index (χ1) is 19.9. The number of amides is 1. The van der Waals surface area contributed by atoms with Crippen LogP contribution in [0.3, 0.4) is 0 Å². The van der Waals surface area contributed by atoms with E-state index in [-0.39, 0.29) is 24.4 Å². The van der Waals surface area contributed by atoms with Gasteiger partial charge in [-0.15, -0.1) is 0 Å². The molecule has 2 heterocycles. The van der Waals surface area contributed by atoms with Crippen LogP contribution >= 0.6 is 0 Å². The van der Waals surface area contributed by atoms with Crippen LogP contribution in [0.2, 0.25) is 0 Å². The van der Waals surface area contributed by atoms with Gasteiger partial charge in [0.15, 0.2) is 28.8 Å². The van der Waals surface area contributed by atoms with Crippen molar-refractivity contribution in [2.75, 3.05) is 26.3 Å². The van der Waals surface area contributed by atoms with Gasteiger partial charge in [-0.1, -0.05) is 30.3 Å². The van der Waals surface area contributed by atoms with Crippen molar-refractivity contribution in [3.8, 4) is 23.0 Å². The highest BCUT2D eigenvalue weighted by molar-refractivity contribution is 6.10. The number of dihydropyridines is 1. The molecule has 0 bridgehead atoms. The van der Waals surface area contributed by atoms with Crippen molar-refractivity contribution >= 4 is 17.4 Å². The minimum Gasteiger partial charge on any atom is -0.493 e. The second-order valence-electron chi connectivity index (χ2n) is 10.5. The number of fused-ring (bicyclic) bond motifs is 1. The van der Waals surface area contributed by atoms with E-state index in [4.69, 9.17) is 18.9 Å². The number of benzene rings is 3. The van der Waals surface area contributed by atoms with Crippen LogP contribution in [0.1, 0.15) is 48.3 Å². The Morgan fingerprint density at radius 2 is 1.66 bits per heavy atom. The molecule has 41 heavy (non-hydrogen) atoms. The summed E-state index contributed by atoms with van der Waals surface area (Å²) in [4.78, 5) is 28.0. The molecule has 2 atom stereocenters. The maximum atomic E-state index is 14.0. The molecule has 0 unspecified atom stereocenters. The van der Waals surface area contributed by atoms with E-state index in [0.717, 1.165) is 28.1 Å². The Morgan fingerprint density at radius 1 is 0.902 bits per heavy atom. The molecule has 2 N–H and O–H groups in total. The summed E-state index contributed by atoms with van der Waals surface area (Å²) in [5, 5.41) is 6.53. The number of carbonyl (C=O) groups is 2. The Labute approximate surface area is 238 Å². The van der Waals surface area contributed by atoms with Crippen LogP contribution in [-0.2, 0) is 9.59 Å². The molecule has 3 aromatic carbocycles. The van der Waals surface area contributed by atoms with E-state index in [1.54, 1.807) is 14.2 Å². The number of ketones is 1. The Hall–Kier alpha value is -4.72. The fourth-order valence-electron chi connectivity index (χ4n) is 6.01. The fourth-order valence-corrected chi connectivity index (χ4v) is 6.01. The number of aryl methyl sites for hydroxylation is 1. The molecule has 3 aliphatic rings. The second kappa shape index (κ2) is 10.7. The maximum absolute atomic E-state index is 14.0. The van der Waals surface area contributed by atoms with E-state index in [0.29, 0.717) is 52.7 Å². The third-order valence-corrected chi connectivity index (χ3v) is 8.07. The molecule has 2 aliphatic heterocycles. The van der Waals surface area contributed by atoms with E-state index < -0.39 is 5.92 Å². The quantitative estimate of drug-likeness (QED) is 0.403. The van der Waals surface area contributed by atoms with E-state index >= 15 is 0 Å². The standard InChI is InChI=1S/C33H32N2O6/c1-18-7-5-6-8-23(18)35-33(37)30-19(2)34-24-13-22(20-9-11-26(38-3)28(15-20)39-4)14-25(36)32(24)31(30)21-10-12-27-29(16-21)41-17-40-27/h5-12,15-16,22,31,34H,13-14,17H2,1-4H3,(H,35,37)/t22-,31-/m1/s1. The molecule has 0 fully saturated rings. The van der Waals surface area contributed by atoms with E-state index in [1.165, 1.54) is 0 Å². The highest BCUT2D eigenvalue weighted by Gasteiger charge is 2.41. The smallest absolute Gasteiger partial charge is 0.254 e. The number of anilines is 1. The monoisotopic (exact) mass is 552 g/mol. The average molecular weight is 553 g/mol. The number of methoxy groups -OCH3 is 2. The van der Waals surface area contributed by atoms with Gasteiger partial charge in [0.05, 0.1) is 14.2 Å². The molecular formula is C33H32N2O6. The summed E-state index contributed by atoms with van der Waals surface area (Å²) in [5.74, 6) is 1.63. The summed E-state index contributed by atoms with van der Waals surface area (Å²) in [6, 6.07) is 19.1. The van der Waals surface area contributed by atoms with Gasteiger partial charge in [-0.2, -0.15) is 0 Å². The molecule has 0 spiro atoms. The van der Waals surface area contributed by atoms with Crippen LogP contribution < -0.4 is 29.6 Å². The summed E-state index contributed by atoms with van der Waals surface area (Å²) in [5.41, 5.74) is 6.13. The van der Waals surface area contributed by atoms with Crippen LogP contribution in [0.4, 0.5) is 5.69 Å². The topological polar surface area (TPSA) is 95.1 Å². The van der Waals surface area contributed by atoms with Crippen molar-refractivity contribution in [1.29, 1.82) is 0 Å². The number of para-hydroxylation sites is 1. The summed E-state index contributed by atoms with van der Waals surface area (Å²) in [6.45, 7) is 3.98. The minimum atomic E-state index is -0.566. The Bertz CT molecular complexity index is 1620. The first kappa shape index (κ1) is 26.5.